The summed E-state index contributed by atoms with van der Waals surface area (Å²) in [6.45, 7) is 0. The topological polar surface area (TPSA) is 87.2 Å². The Hall–Kier alpha value is -2.90. The lowest BCUT2D eigenvalue weighted by Crippen LogP contribution is -2.28. The monoisotopic (exact) mass is 457 g/mol. The quantitative estimate of drug-likeness (QED) is 0.357. The smallest absolute Gasteiger partial charge is 0.345 e. The van der Waals surface area contributed by atoms with Crippen LogP contribution in [0.5, 0.6) is 0 Å². The second kappa shape index (κ2) is 6.92. The Morgan fingerprint density at radius 2 is 2.00 bits per heavy atom. The van der Waals surface area contributed by atoms with Crippen molar-refractivity contribution >= 4 is 60.9 Å². The van der Waals surface area contributed by atoms with Crippen molar-refractivity contribution in [2.45, 2.75) is 0 Å². The van der Waals surface area contributed by atoms with E-state index in [-0.39, 0.29) is 11.3 Å². The molecule has 0 aliphatic heterocycles. The van der Waals surface area contributed by atoms with Gasteiger partial charge in [-0.1, -0.05) is 39.7 Å². The van der Waals surface area contributed by atoms with Crippen molar-refractivity contribution in [3.05, 3.63) is 74.2 Å². The van der Waals surface area contributed by atoms with Gasteiger partial charge in [0.15, 0.2) is 0 Å². The Morgan fingerprint density at radius 1 is 1.21 bits per heavy atom. The number of aromatic nitrogens is 2. The molecule has 140 valence electrons. The van der Waals surface area contributed by atoms with E-state index in [4.69, 9.17) is 22.1 Å². The number of hydrogen-bond acceptors (Lipinski definition) is 5. The molecular formula is C20H13BrClN3O3. The summed E-state index contributed by atoms with van der Waals surface area (Å²) in [5, 5.41) is 2.36. The number of anilines is 1. The number of carbonyl (C=O) groups excluding carboxylic acids is 1. The Kier molecular flexibility index (Phi) is 4.56. The average Bonchev–Trinajstić information content (AvgIpc) is 2.68. The van der Waals surface area contributed by atoms with Gasteiger partial charge in [0, 0.05) is 26.8 Å². The summed E-state index contributed by atoms with van der Waals surface area (Å²) >= 11 is 9.52. The maximum Gasteiger partial charge on any atom is 0.345 e. The summed E-state index contributed by atoms with van der Waals surface area (Å²) in [6.07, 6.45) is 1.63. The number of benzene rings is 2. The number of nitrogens with zero attached hydrogens (tertiary/aromatic N) is 2. The highest BCUT2D eigenvalue weighted by Gasteiger charge is 2.23. The Balaban J connectivity index is 2.25. The minimum atomic E-state index is -0.791. The van der Waals surface area contributed by atoms with Crippen LogP contribution in [0.15, 0.2) is 57.9 Å². The van der Waals surface area contributed by atoms with Gasteiger partial charge in [-0.05, 0) is 30.3 Å². The van der Waals surface area contributed by atoms with Crippen LogP contribution in [0, 0.1) is 0 Å². The normalized spacial score (nSPS) is 11.1. The predicted octanol–water partition coefficient (Wildman–Crippen LogP) is 4.32. The summed E-state index contributed by atoms with van der Waals surface area (Å²) in [4.78, 5) is 29.8. The molecule has 4 aromatic rings. The molecule has 8 heteroatoms. The van der Waals surface area contributed by atoms with Gasteiger partial charge in [0.25, 0.3) is 5.56 Å². The fourth-order valence-electron chi connectivity index (χ4n) is 3.25. The van der Waals surface area contributed by atoms with E-state index in [2.05, 4.69) is 20.9 Å². The fourth-order valence-corrected chi connectivity index (χ4v) is 3.76. The zero-order valence-electron chi connectivity index (χ0n) is 14.6. The van der Waals surface area contributed by atoms with Gasteiger partial charge in [-0.2, -0.15) is 0 Å². The molecule has 0 aliphatic carbocycles. The zero-order valence-corrected chi connectivity index (χ0v) is 16.9. The van der Waals surface area contributed by atoms with Crippen LogP contribution in [0.4, 0.5) is 5.69 Å². The van der Waals surface area contributed by atoms with Gasteiger partial charge in [0.05, 0.1) is 24.0 Å². The molecule has 6 nitrogen and oxygen atoms in total. The van der Waals surface area contributed by atoms with Gasteiger partial charge in [-0.3, -0.25) is 9.36 Å². The van der Waals surface area contributed by atoms with E-state index < -0.39 is 11.5 Å². The van der Waals surface area contributed by atoms with E-state index in [1.54, 1.807) is 42.6 Å². The molecule has 4 rings (SSSR count). The number of ether oxygens (including phenoxy) is 1. The number of carbonyl (C=O) groups is 1. The first-order valence-electron chi connectivity index (χ1n) is 8.19. The SMILES string of the molecule is COC(=O)c1c(N)c2ccc(Br)cc2n(-c2cccc3cnc(Cl)cc23)c1=O. The number of rotatable bonds is 2. The summed E-state index contributed by atoms with van der Waals surface area (Å²) in [6, 6.07) is 12.4. The highest BCUT2D eigenvalue weighted by Crippen LogP contribution is 2.31. The second-order valence-corrected chi connectivity index (χ2v) is 7.39. The third-order valence-corrected chi connectivity index (χ3v) is 5.21. The highest BCUT2D eigenvalue weighted by molar-refractivity contribution is 9.10. The van der Waals surface area contributed by atoms with Crippen LogP contribution < -0.4 is 11.3 Å². The van der Waals surface area contributed by atoms with Gasteiger partial charge in [-0.25, -0.2) is 9.78 Å². The molecule has 0 bridgehead atoms. The van der Waals surface area contributed by atoms with E-state index in [0.717, 1.165) is 9.86 Å². The van der Waals surface area contributed by atoms with Crippen molar-refractivity contribution in [2.75, 3.05) is 12.8 Å². The molecule has 2 aromatic heterocycles. The Morgan fingerprint density at radius 3 is 2.75 bits per heavy atom. The molecular weight excluding hydrogens is 446 g/mol. The first-order valence-corrected chi connectivity index (χ1v) is 9.36. The van der Waals surface area contributed by atoms with Gasteiger partial charge < -0.3 is 10.5 Å². The van der Waals surface area contributed by atoms with Gasteiger partial charge in [-0.15, -0.1) is 0 Å². The van der Waals surface area contributed by atoms with Crippen LogP contribution in [-0.2, 0) is 4.74 Å². The molecule has 28 heavy (non-hydrogen) atoms. The highest BCUT2D eigenvalue weighted by atomic mass is 79.9. The minimum Gasteiger partial charge on any atom is -0.465 e. The number of halogens is 2. The van der Waals surface area contributed by atoms with Gasteiger partial charge >= 0.3 is 5.97 Å². The number of hydrogen-bond donors (Lipinski definition) is 1. The third-order valence-electron chi connectivity index (χ3n) is 4.51. The molecule has 0 unspecified atom stereocenters. The number of fused-ring (bicyclic) bond motifs is 2. The molecule has 2 heterocycles. The lowest BCUT2D eigenvalue weighted by molar-refractivity contribution is 0.0600. The van der Waals surface area contributed by atoms with Crippen molar-refractivity contribution < 1.29 is 9.53 Å². The lowest BCUT2D eigenvalue weighted by Gasteiger charge is -2.17. The molecule has 0 saturated carbocycles. The molecule has 0 radical (unpaired) electrons. The maximum absolute atomic E-state index is 13.4. The molecule has 0 saturated heterocycles. The summed E-state index contributed by atoms with van der Waals surface area (Å²) in [5.41, 5.74) is 6.56. The predicted molar refractivity (Wildman–Crippen MR) is 113 cm³/mol. The molecule has 0 aliphatic rings. The standard InChI is InChI=1S/C20H13BrClN3O3/c1-28-20(27)17-18(23)12-6-5-11(21)7-15(12)25(19(17)26)14-4-2-3-10-9-24-16(22)8-13(10)14/h2-9H,23H2,1H3. The Labute approximate surface area is 172 Å². The van der Waals surface area contributed by atoms with E-state index >= 15 is 0 Å². The maximum atomic E-state index is 13.4. The number of methoxy groups -OCH3 is 1. The van der Waals surface area contributed by atoms with E-state index in [0.29, 0.717) is 27.1 Å². The molecule has 0 atom stereocenters. The van der Waals surface area contributed by atoms with Crippen LogP contribution in [0.2, 0.25) is 5.15 Å². The number of nitrogen functional groups attached to an aromatic ring is 1. The third kappa shape index (κ3) is 2.83. The average molecular weight is 459 g/mol. The van der Waals surface area contributed by atoms with Crippen molar-refractivity contribution in [2.24, 2.45) is 0 Å². The van der Waals surface area contributed by atoms with E-state index in [9.17, 15) is 9.59 Å². The number of pyridine rings is 2. The molecule has 0 spiro atoms. The minimum absolute atomic E-state index is 0.0792. The van der Waals surface area contributed by atoms with Crippen molar-refractivity contribution in [1.82, 2.24) is 9.55 Å². The van der Waals surface area contributed by atoms with Crippen molar-refractivity contribution in [3.8, 4) is 5.69 Å². The van der Waals surface area contributed by atoms with E-state index in [1.165, 1.54) is 11.7 Å². The molecule has 0 fully saturated rings. The van der Waals surface area contributed by atoms with Crippen LogP contribution >= 0.6 is 27.5 Å². The molecule has 2 aromatic carbocycles. The first-order chi connectivity index (χ1) is 13.4. The second-order valence-electron chi connectivity index (χ2n) is 6.09. The largest absolute Gasteiger partial charge is 0.465 e. The van der Waals surface area contributed by atoms with Crippen molar-refractivity contribution in [3.63, 3.8) is 0 Å². The summed E-state index contributed by atoms with van der Waals surface area (Å²) < 4.78 is 7.00. The zero-order chi connectivity index (χ0) is 20.0. The van der Waals surface area contributed by atoms with Crippen molar-refractivity contribution in [1.29, 1.82) is 0 Å². The van der Waals surface area contributed by atoms with Gasteiger partial charge in [0.1, 0.15) is 10.7 Å². The summed E-state index contributed by atoms with van der Waals surface area (Å²) in [5.74, 6) is -0.791. The first kappa shape index (κ1) is 18.5. The van der Waals surface area contributed by atoms with Crippen LogP contribution in [0.1, 0.15) is 10.4 Å². The van der Waals surface area contributed by atoms with Crippen LogP contribution in [0.25, 0.3) is 27.4 Å². The molecule has 0 amide bonds. The molecule has 2 N–H and O–H groups in total. The fraction of sp³-hybridized carbons (Fsp3) is 0.0500. The summed E-state index contributed by atoms with van der Waals surface area (Å²) in [7, 11) is 1.21. The van der Waals surface area contributed by atoms with Gasteiger partial charge in [0.2, 0.25) is 0 Å². The number of nitrogens with two attached hydrogens (primary N) is 1. The van der Waals surface area contributed by atoms with E-state index in [1.807, 2.05) is 6.07 Å². The lowest BCUT2D eigenvalue weighted by atomic mass is 10.1. The Bertz CT molecular complexity index is 1330. The van der Waals surface area contributed by atoms with Crippen LogP contribution in [0.3, 0.4) is 0 Å². The van der Waals surface area contributed by atoms with Crippen LogP contribution in [-0.4, -0.2) is 22.6 Å². The number of esters is 1.